The second-order valence-electron chi connectivity index (χ2n) is 8.74. The first kappa shape index (κ1) is 22.0. The molecule has 5 aromatic rings. The van der Waals surface area contributed by atoms with E-state index in [1.165, 1.54) is 17.1 Å². The highest BCUT2D eigenvalue weighted by atomic mass is 19.1. The van der Waals surface area contributed by atoms with Gasteiger partial charge >= 0.3 is 0 Å². The fourth-order valence-electron chi connectivity index (χ4n) is 4.58. The Bertz CT molecular complexity index is 1470. The topological polar surface area (TPSA) is 115 Å². The molecule has 0 unspecified atom stereocenters. The van der Waals surface area contributed by atoms with Crippen LogP contribution < -0.4 is 10.2 Å². The highest BCUT2D eigenvalue weighted by molar-refractivity contribution is 5.73. The molecule has 0 atom stereocenters. The lowest BCUT2D eigenvalue weighted by atomic mass is 9.94. The zero-order valence-corrected chi connectivity index (χ0v) is 19.7. The number of anilines is 3. The van der Waals surface area contributed by atoms with Gasteiger partial charge in [-0.25, -0.2) is 24.3 Å². The molecule has 6 rings (SSSR count). The fraction of sp³-hybridized carbons (Fsp3) is 0.292. The third-order valence-electron chi connectivity index (χ3n) is 6.57. The molecule has 0 bridgehead atoms. The van der Waals surface area contributed by atoms with Crippen molar-refractivity contribution in [3.63, 3.8) is 0 Å². The molecule has 12 heteroatoms. The lowest BCUT2D eigenvalue weighted by Gasteiger charge is -2.31. The number of aromatic nitrogens is 9. The number of rotatable bonds is 6. The quantitative estimate of drug-likeness (QED) is 0.387. The van der Waals surface area contributed by atoms with E-state index in [1.54, 1.807) is 24.7 Å². The first-order valence-corrected chi connectivity index (χ1v) is 11.9. The van der Waals surface area contributed by atoms with Crippen LogP contribution in [0.3, 0.4) is 0 Å². The number of halogens is 1. The summed E-state index contributed by atoms with van der Waals surface area (Å²) in [4.78, 5) is 20.4. The minimum absolute atomic E-state index is 0.267. The molecule has 1 saturated heterocycles. The van der Waals surface area contributed by atoms with E-state index in [0.29, 0.717) is 17.3 Å². The zero-order valence-electron chi connectivity index (χ0n) is 19.7. The lowest BCUT2D eigenvalue weighted by Crippen LogP contribution is -2.34. The summed E-state index contributed by atoms with van der Waals surface area (Å²) in [6.45, 7) is 3.85. The van der Waals surface area contributed by atoms with Crippen LogP contribution in [0.15, 0.2) is 55.6 Å². The van der Waals surface area contributed by atoms with E-state index in [9.17, 15) is 4.39 Å². The number of hydrogen-bond donors (Lipinski definition) is 1. The Balaban J connectivity index is 1.19. The third kappa shape index (κ3) is 4.10. The molecule has 36 heavy (non-hydrogen) atoms. The van der Waals surface area contributed by atoms with E-state index in [0.717, 1.165) is 55.2 Å². The van der Waals surface area contributed by atoms with Crippen LogP contribution in [-0.4, -0.2) is 57.6 Å². The molecular weight excluding hydrogens is 461 g/mol. The molecule has 0 spiro atoms. The summed E-state index contributed by atoms with van der Waals surface area (Å²) >= 11 is 0. The van der Waals surface area contributed by atoms with Gasteiger partial charge in [-0.2, -0.15) is 4.68 Å². The van der Waals surface area contributed by atoms with Crippen molar-refractivity contribution in [2.24, 2.45) is 0 Å². The Morgan fingerprint density at radius 3 is 2.58 bits per heavy atom. The first-order valence-electron chi connectivity index (χ1n) is 11.9. The van der Waals surface area contributed by atoms with Crippen molar-refractivity contribution in [3.8, 4) is 5.69 Å². The van der Waals surface area contributed by atoms with Crippen molar-refractivity contribution in [2.45, 2.75) is 32.1 Å². The lowest BCUT2D eigenvalue weighted by molar-refractivity contribution is 0.488. The second-order valence-corrected chi connectivity index (χ2v) is 8.74. The van der Waals surface area contributed by atoms with Gasteiger partial charge in [-0.15, -0.1) is 5.10 Å². The standard InChI is InChI=1S/C24H24FN11/c1-2-16-10-28-24(29-11-16)34-7-5-17(6-8-34)22-13-27-23-20(12-26-14-35(22)23)31-18-3-4-21(19(25)9-18)36-15-30-32-33-36/h3-4,9-15,17,31H,2,5-8H2,1H3. The molecule has 5 heterocycles. The summed E-state index contributed by atoms with van der Waals surface area (Å²) in [7, 11) is 0. The number of imidazole rings is 1. The largest absolute Gasteiger partial charge is 0.351 e. The van der Waals surface area contributed by atoms with Crippen molar-refractivity contribution < 1.29 is 4.39 Å². The summed E-state index contributed by atoms with van der Waals surface area (Å²) in [5.41, 5.74) is 4.53. The van der Waals surface area contributed by atoms with Gasteiger partial charge in [-0.05, 0) is 53.5 Å². The summed E-state index contributed by atoms with van der Waals surface area (Å²) in [5.74, 6) is 0.683. The van der Waals surface area contributed by atoms with E-state index in [-0.39, 0.29) is 5.69 Å². The minimum atomic E-state index is -0.448. The van der Waals surface area contributed by atoms with Crippen LogP contribution in [0, 0.1) is 5.82 Å². The van der Waals surface area contributed by atoms with Crippen LogP contribution in [0.25, 0.3) is 11.3 Å². The Kier molecular flexibility index (Phi) is 5.68. The normalized spacial score (nSPS) is 14.4. The highest BCUT2D eigenvalue weighted by Gasteiger charge is 2.25. The molecule has 1 aliphatic heterocycles. The molecule has 1 aromatic carbocycles. The molecule has 0 radical (unpaired) electrons. The number of nitrogens with one attached hydrogen (secondary N) is 1. The van der Waals surface area contributed by atoms with Crippen LogP contribution in [0.2, 0.25) is 0 Å². The number of piperidine rings is 1. The highest BCUT2D eigenvalue weighted by Crippen LogP contribution is 2.31. The van der Waals surface area contributed by atoms with Crippen molar-refractivity contribution in [1.29, 1.82) is 0 Å². The number of fused-ring (bicyclic) bond motifs is 1. The third-order valence-corrected chi connectivity index (χ3v) is 6.57. The van der Waals surface area contributed by atoms with Gasteiger partial charge < -0.3 is 10.2 Å². The maximum Gasteiger partial charge on any atom is 0.225 e. The SMILES string of the molecule is CCc1cnc(N2CCC(c3cnc4c(Nc5ccc(-n6cnnn6)c(F)c5)cncn34)CC2)nc1. The van der Waals surface area contributed by atoms with Gasteiger partial charge in [0.25, 0.3) is 0 Å². The predicted molar refractivity (Wildman–Crippen MR) is 131 cm³/mol. The maximum atomic E-state index is 14.7. The molecule has 0 saturated carbocycles. The number of benzene rings is 1. The van der Waals surface area contributed by atoms with Gasteiger partial charge in [0.1, 0.15) is 24.0 Å². The van der Waals surface area contributed by atoms with Crippen molar-refractivity contribution >= 4 is 23.0 Å². The van der Waals surface area contributed by atoms with Crippen molar-refractivity contribution in [1.82, 2.24) is 44.5 Å². The summed E-state index contributed by atoms with van der Waals surface area (Å²) < 4.78 is 18.0. The molecule has 182 valence electrons. The number of hydrogen-bond acceptors (Lipinski definition) is 9. The molecule has 1 fully saturated rings. The van der Waals surface area contributed by atoms with Crippen LogP contribution in [0.1, 0.15) is 36.9 Å². The van der Waals surface area contributed by atoms with Crippen molar-refractivity contribution in [3.05, 3.63) is 72.7 Å². The van der Waals surface area contributed by atoms with Gasteiger partial charge in [0, 0.05) is 49.0 Å². The zero-order chi connectivity index (χ0) is 24.5. The van der Waals surface area contributed by atoms with E-state index in [4.69, 9.17) is 0 Å². The molecule has 4 aromatic heterocycles. The summed E-state index contributed by atoms with van der Waals surface area (Å²) in [6.07, 6.45) is 13.4. The molecule has 11 nitrogen and oxygen atoms in total. The number of nitrogens with zero attached hydrogens (tertiary/aromatic N) is 10. The Morgan fingerprint density at radius 1 is 1.03 bits per heavy atom. The summed E-state index contributed by atoms with van der Waals surface area (Å²) in [6, 6.07) is 4.78. The monoisotopic (exact) mass is 485 g/mol. The average Bonchev–Trinajstić information content (AvgIpc) is 3.60. The second kappa shape index (κ2) is 9.29. The van der Waals surface area contributed by atoms with Crippen LogP contribution in [0.4, 0.5) is 21.7 Å². The van der Waals surface area contributed by atoms with Crippen LogP contribution >= 0.6 is 0 Å². The molecule has 0 amide bonds. The molecular formula is C24H24FN11. The van der Waals surface area contributed by atoms with Gasteiger partial charge in [0.2, 0.25) is 5.95 Å². The van der Waals surface area contributed by atoms with E-state index >= 15 is 0 Å². The van der Waals surface area contributed by atoms with Gasteiger partial charge in [-0.1, -0.05) is 6.92 Å². The van der Waals surface area contributed by atoms with Gasteiger partial charge in [-0.3, -0.25) is 4.40 Å². The Labute approximate surface area is 206 Å². The minimum Gasteiger partial charge on any atom is -0.351 e. The fourth-order valence-corrected chi connectivity index (χ4v) is 4.58. The van der Waals surface area contributed by atoms with E-state index in [1.807, 2.05) is 23.0 Å². The summed E-state index contributed by atoms with van der Waals surface area (Å²) in [5, 5.41) is 14.1. The smallest absolute Gasteiger partial charge is 0.225 e. The molecule has 1 N–H and O–H groups in total. The predicted octanol–water partition coefficient (Wildman–Crippen LogP) is 3.32. The number of tetrazole rings is 1. The van der Waals surface area contributed by atoms with Crippen LogP contribution in [0.5, 0.6) is 0 Å². The van der Waals surface area contributed by atoms with Gasteiger partial charge in [0.15, 0.2) is 11.5 Å². The van der Waals surface area contributed by atoms with Gasteiger partial charge in [0.05, 0.1) is 6.20 Å². The van der Waals surface area contributed by atoms with E-state index in [2.05, 4.69) is 52.6 Å². The number of aryl methyl sites for hydroxylation is 1. The Hall–Kier alpha value is -4.48. The molecule has 0 aliphatic carbocycles. The van der Waals surface area contributed by atoms with Crippen molar-refractivity contribution in [2.75, 3.05) is 23.3 Å². The molecule has 1 aliphatic rings. The van der Waals surface area contributed by atoms with E-state index < -0.39 is 5.82 Å². The first-order chi connectivity index (χ1) is 17.7. The Morgan fingerprint density at radius 2 is 1.86 bits per heavy atom. The van der Waals surface area contributed by atoms with Crippen LogP contribution in [-0.2, 0) is 6.42 Å². The maximum absolute atomic E-state index is 14.7. The average molecular weight is 486 g/mol.